The Morgan fingerprint density at radius 2 is 1.89 bits per heavy atom. The SMILES string of the molecule is COC(=O)CN(C)C(=O)COc1ccc(N)cc1. The van der Waals surface area contributed by atoms with Gasteiger partial charge in [-0.2, -0.15) is 0 Å². The molecule has 1 rings (SSSR count). The van der Waals surface area contributed by atoms with Crippen LogP contribution in [0.3, 0.4) is 0 Å². The van der Waals surface area contributed by atoms with Crippen LogP contribution in [0.25, 0.3) is 0 Å². The third-order valence-corrected chi connectivity index (χ3v) is 2.26. The molecule has 0 radical (unpaired) electrons. The summed E-state index contributed by atoms with van der Waals surface area (Å²) in [5, 5.41) is 0. The Kier molecular flexibility index (Phi) is 4.98. The summed E-state index contributed by atoms with van der Waals surface area (Å²) in [6, 6.07) is 6.70. The van der Waals surface area contributed by atoms with Gasteiger partial charge in [0.15, 0.2) is 6.61 Å². The summed E-state index contributed by atoms with van der Waals surface area (Å²) in [5.74, 6) is -0.237. The molecule has 6 nitrogen and oxygen atoms in total. The van der Waals surface area contributed by atoms with Crippen LogP contribution < -0.4 is 10.5 Å². The number of nitrogens with two attached hydrogens (primary N) is 1. The lowest BCUT2D eigenvalue weighted by molar-refractivity contribution is -0.146. The Balaban J connectivity index is 2.41. The summed E-state index contributed by atoms with van der Waals surface area (Å²) in [7, 11) is 2.77. The minimum atomic E-state index is -0.474. The second-order valence-corrected chi connectivity index (χ2v) is 3.68. The molecule has 0 unspecified atom stereocenters. The average Bonchev–Trinajstić information content (AvgIpc) is 2.37. The molecular formula is C12H16N2O4. The molecule has 0 fully saturated rings. The molecule has 0 aromatic heterocycles. The van der Waals surface area contributed by atoms with Gasteiger partial charge < -0.3 is 20.1 Å². The fraction of sp³-hybridized carbons (Fsp3) is 0.333. The monoisotopic (exact) mass is 252 g/mol. The maximum Gasteiger partial charge on any atom is 0.325 e. The fourth-order valence-corrected chi connectivity index (χ4v) is 1.17. The van der Waals surface area contributed by atoms with Crippen molar-refractivity contribution in [3.63, 3.8) is 0 Å². The van der Waals surface area contributed by atoms with Crippen molar-refractivity contribution < 1.29 is 19.1 Å². The molecule has 0 heterocycles. The van der Waals surface area contributed by atoms with E-state index in [1.165, 1.54) is 19.1 Å². The van der Waals surface area contributed by atoms with E-state index in [1.807, 2.05) is 0 Å². The molecule has 0 bridgehead atoms. The largest absolute Gasteiger partial charge is 0.484 e. The van der Waals surface area contributed by atoms with Crippen molar-refractivity contribution in [2.75, 3.05) is 33.0 Å². The normalized spacial score (nSPS) is 9.67. The maximum absolute atomic E-state index is 11.6. The lowest BCUT2D eigenvalue weighted by atomic mass is 10.3. The summed E-state index contributed by atoms with van der Waals surface area (Å²) in [4.78, 5) is 23.8. The predicted molar refractivity (Wildman–Crippen MR) is 66.0 cm³/mol. The molecule has 0 spiro atoms. The predicted octanol–water partition coefficient (Wildman–Crippen LogP) is 0.279. The van der Waals surface area contributed by atoms with Crippen LogP contribution in [-0.2, 0) is 14.3 Å². The highest BCUT2D eigenvalue weighted by molar-refractivity contribution is 5.82. The Hall–Kier alpha value is -2.24. The number of methoxy groups -OCH3 is 1. The van der Waals surface area contributed by atoms with E-state index in [4.69, 9.17) is 10.5 Å². The van der Waals surface area contributed by atoms with Crippen LogP contribution in [0.1, 0.15) is 0 Å². The first-order chi connectivity index (χ1) is 8.52. The number of anilines is 1. The van der Waals surface area contributed by atoms with E-state index in [-0.39, 0.29) is 19.1 Å². The fourth-order valence-electron chi connectivity index (χ4n) is 1.17. The first-order valence-corrected chi connectivity index (χ1v) is 5.32. The quantitative estimate of drug-likeness (QED) is 0.601. The van der Waals surface area contributed by atoms with Crippen LogP contribution in [0, 0.1) is 0 Å². The van der Waals surface area contributed by atoms with Gasteiger partial charge in [0.2, 0.25) is 0 Å². The number of hydrogen-bond donors (Lipinski definition) is 1. The number of amides is 1. The van der Waals surface area contributed by atoms with Crippen molar-refractivity contribution >= 4 is 17.6 Å². The van der Waals surface area contributed by atoms with E-state index in [2.05, 4.69) is 4.74 Å². The van der Waals surface area contributed by atoms with E-state index in [1.54, 1.807) is 24.3 Å². The van der Waals surface area contributed by atoms with Crippen molar-refractivity contribution in [1.82, 2.24) is 4.90 Å². The van der Waals surface area contributed by atoms with Gasteiger partial charge >= 0.3 is 5.97 Å². The van der Waals surface area contributed by atoms with Crippen molar-refractivity contribution in [3.8, 4) is 5.75 Å². The average molecular weight is 252 g/mol. The summed E-state index contributed by atoms with van der Waals surface area (Å²) in [6.45, 7) is -0.238. The number of nitrogen functional groups attached to an aromatic ring is 1. The van der Waals surface area contributed by atoms with Crippen molar-refractivity contribution in [2.45, 2.75) is 0 Å². The molecule has 0 aliphatic carbocycles. The van der Waals surface area contributed by atoms with Crippen LogP contribution in [0.15, 0.2) is 24.3 Å². The van der Waals surface area contributed by atoms with E-state index >= 15 is 0 Å². The summed E-state index contributed by atoms with van der Waals surface area (Å²) in [6.07, 6.45) is 0. The molecule has 2 N–H and O–H groups in total. The molecule has 1 aromatic rings. The Labute approximate surface area is 105 Å². The minimum Gasteiger partial charge on any atom is -0.484 e. The Bertz CT molecular complexity index is 417. The number of benzene rings is 1. The summed E-state index contributed by atoms with van der Waals surface area (Å²) in [5.41, 5.74) is 6.14. The second kappa shape index (κ2) is 6.48. The lowest BCUT2D eigenvalue weighted by Crippen LogP contribution is -2.35. The third-order valence-electron chi connectivity index (χ3n) is 2.26. The number of carbonyl (C=O) groups is 2. The smallest absolute Gasteiger partial charge is 0.325 e. The molecular weight excluding hydrogens is 236 g/mol. The van der Waals surface area contributed by atoms with Crippen molar-refractivity contribution in [2.24, 2.45) is 0 Å². The Morgan fingerprint density at radius 1 is 1.28 bits per heavy atom. The van der Waals surface area contributed by atoms with Gasteiger partial charge in [-0.25, -0.2) is 0 Å². The number of nitrogens with zero attached hydrogens (tertiary/aromatic N) is 1. The zero-order chi connectivity index (χ0) is 13.5. The molecule has 0 saturated heterocycles. The summed E-state index contributed by atoms with van der Waals surface area (Å²) >= 11 is 0. The molecule has 0 aliphatic rings. The zero-order valence-corrected chi connectivity index (χ0v) is 10.4. The van der Waals surface area contributed by atoms with Crippen molar-refractivity contribution in [3.05, 3.63) is 24.3 Å². The molecule has 0 atom stereocenters. The van der Waals surface area contributed by atoms with Crippen LogP contribution >= 0.6 is 0 Å². The first kappa shape index (κ1) is 13.8. The van der Waals surface area contributed by atoms with Gasteiger partial charge in [-0.3, -0.25) is 9.59 Å². The second-order valence-electron chi connectivity index (χ2n) is 3.68. The molecule has 18 heavy (non-hydrogen) atoms. The maximum atomic E-state index is 11.6. The van der Waals surface area contributed by atoms with E-state index < -0.39 is 5.97 Å². The van der Waals surface area contributed by atoms with Crippen LogP contribution in [0.5, 0.6) is 5.75 Å². The van der Waals surface area contributed by atoms with Crippen LogP contribution in [-0.4, -0.2) is 44.1 Å². The first-order valence-electron chi connectivity index (χ1n) is 5.32. The number of carbonyl (C=O) groups excluding carboxylic acids is 2. The standard InChI is InChI=1S/C12H16N2O4/c1-14(7-12(16)17-2)11(15)8-18-10-5-3-9(13)4-6-10/h3-6H,7-8,13H2,1-2H3. The molecule has 6 heteroatoms. The number of likely N-dealkylation sites (N-methyl/N-ethyl adjacent to an activating group) is 1. The Morgan fingerprint density at radius 3 is 2.44 bits per heavy atom. The van der Waals surface area contributed by atoms with E-state index in [0.29, 0.717) is 11.4 Å². The van der Waals surface area contributed by atoms with Gasteiger partial charge in [-0.15, -0.1) is 0 Å². The van der Waals surface area contributed by atoms with Gasteiger partial charge in [0, 0.05) is 12.7 Å². The van der Waals surface area contributed by atoms with Crippen LogP contribution in [0.2, 0.25) is 0 Å². The number of hydrogen-bond acceptors (Lipinski definition) is 5. The van der Waals surface area contributed by atoms with Gasteiger partial charge in [0.05, 0.1) is 7.11 Å². The van der Waals surface area contributed by atoms with E-state index in [9.17, 15) is 9.59 Å². The van der Waals surface area contributed by atoms with Gasteiger partial charge in [0.1, 0.15) is 12.3 Å². The molecule has 1 amide bonds. The summed E-state index contributed by atoms with van der Waals surface area (Å²) < 4.78 is 9.72. The van der Waals surface area contributed by atoms with Gasteiger partial charge in [-0.1, -0.05) is 0 Å². The van der Waals surface area contributed by atoms with Gasteiger partial charge in [0.25, 0.3) is 5.91 Å². The highest BCUT2D eigenvalue weighted by Crippen LogP contribution is 2.12. The molecule has 98 valence electrons. The lowest BCUT2D eigenvalue weighted by Gasteiger charge is -2.15. The minimum absolute atomic E-state index is 0.0968. The van der Waals surface area contributed by atoms with Crippen molar-refractivity contribution in [1.29, 1.82) is 0 Å². The third kappa shape index (κ3) is 4.32. The van der Waals surface area contributed by atoms with Gasteiger partial charge in [-0.05, 0) is 24.3 Å². The highest BCUT2D eigenvalue weighted by atomic mass is 16.5. The number of rotatable bonds is 5. The topological polar surface area (TPSA) is 81.9 Å². The molecule has 0 aliphatic heterocycles. The molecule has 1 aromatic carbocycles. The van der Waals surface area contributed by atoms with Crippen LogP contribution in [0.4, 0.5) is 5.69 Å². The molecule has 0 saturated carbocycles. The van der Waals surface area contributed by atoms with E-state index in [0.717, 1.165) is 0 Å². The number of esters is 1. The zero-order valence-electron chi connectivity index (χ0n) is 10.4. The number of ether oxygens (including phenoxy) is 2. The highest BCUT2D eigenvalue weighted by Gasteiger charge is 2.13.